The minimum atomic E-state index is -0.106. The second kappa shape index (κ2) is 7.39. The molecule has 0 amide bonds. The van der Waals surface area contributed by atoms with Crippen molar-refractivity contribution in [3.63, 3.8) is 0 Å². The van der Waals surface area contributed by atoms with Crippen molar-refractivity contribution in [1.29, 1.82) is 0 Å². The van der Waals surface area contributed by atoms with Crippen LogP contribution in [0.1, 0.15) is 22.6 Å². The molecule has 0 aliphatic rings. The lowest BCUT2D eigenvalue weighted by Gasteiger charge is -2.20. The zero-order valence-corrected chi connectivity index (χ0v) is 14.9. The number of nitrogen functional groups attached to an aromatic ring is 1. The molecule has 0 spiro atoms. The Morgan fingerprint density at radius 2 is 1.42 bits per heavy atom. The molecule has 0 saturated heterocycles. The van der Waals surface area contributed by atoms with E-state index in [4.69, 9.17) is 40.5 Å². The van der Waals surface area contributed by atoms with Crippen molar-refractivity contribution in [2.75, 3.05) is 5.73 Å². The second-order valence-corrected chi connectivity index (χ2v) is 6.52. The molecule has 0 aliphatic carbocycles. The van der Waals surface area contributed by atoms with Gasteiger partial charge in [0.15, 0.2) is 0 Å². The van der Waals surface area contributed by atoms with E-state index >= 15 is 0 Å². The van der Waals surface area contributed by atoms with Crippen LogP contribution in [0.2, 0.25) is 15.3 Å². The van der Waals surface area contributed by atoms with Crippen molar-refractivity contribution in [3.05, 3.63) is 86.6 Å². The molecule has 3 rings (SSSR count). The summed E-state index contributed by atoms with van der Waals surface area (Å²) in [5.74, 6) is -0.0476. The Kier molecular flexibility index (Phi) is 5.24. The maximum atomic E-state index is 6.34. The highest BCUT2D eigenvalue weighted by Gasteiger charge is 2.23. The Morgan fingerprint density at radius 3 is 2.00 bits per heavy atom. The van der Waals surface area contributed by atoms with Crippen LogP contribution in [0.4, 0.5) is 5.95 Å². The van der Waals surface area contributed by atoms with E-state index in [2.05, 4.69) is 22.1 Å². The van der Waals surface area contributed by atoms with Crippen LogP contribution in [0, 0.1) is 0 Å². The van der Waals surface area contributed by atoms with Crippen molar-refractivity contribution in [3.8, 4) is 0 Å². The largest absolute Gasteiger partial charge is 0.368 e. The number of hydrogen-bond donors (Lipinski definition) is 1. The van der Waals surface area contributed by atoms with Crippen molar-refractivity contribution in [1.82, 2.24) is 9.97 Å². The third-order valence-corrected chi connectivity index (χ3v) is 4.60. The molecular weight excluding hydrogens is 365 g/mol. The van der Waals surface area contributed by atoms with Crippen LogP contribution in [0.3, 0.4) is 0 Å². The first-order valence-corrected chi connectivity index (χ1v) is 8.46. The first-order chi connectivity index (χ1) is 11.5. The molecule has 6 heteroatoms. The Morgan fingerprint density at radius 1 is 0.833 bits per heavy atom. The first kappa shape index (κ1) is 17.0. The molecular formula is C18H14Cl3N3. The third kappa shape index (κ3) is 3.81. The second-order valence-electron chi connectivity index (χ2n) is 5.37. The van der Waals surface area contributed by atoms with Crippen LogP contribution in [0.15, 0.2) is 54.6 Å². The Labute approximate surface area is 155 Å². The topological polar surface area (TPSA) is 51.8 Å². The van der Waals surface area contributed by atoms with E-state index in [9.17, 15) is 0 Å². The summed E-state index contributed by atoms with van der Waals surface area (Å²) in [6, 6.07) is 17.7. The molecule has 3 nitrogen and oxygen atoms in total. The van der Waals surface area contributed by atoms with E-state index in [1.54, 1.807) is 0 Å². The SMILES string of the molecule is Nc1nc(Cl)c(C(Cc2ccccc2)c2ccc(Cl)cc2)c(Cl)n1. The third-order valence-electron chi connectivity index (χ3n) is 3.77. The highest BCUT2D eigenvalue weighted by Crippen LogP contribution is 2.37. The summed E-state index contributed by atoms with van der Waals surface area (Å²) in [5.41, 5.74) is 8.48. The number of halogens is 3. The maximum absolute atomic E-state index is 6.34. The van der Waals surface area contributed by atoms with Gasteiger partial charge in [0.25, 0.3) is 0 Å². The monoisotopic (exact) mass is 377 g/mol. The lowest BCUT2D eigenvalue weighted by molar-refractivity contribution is 0.794. The highest BCUT2D eigenvalue weighted by atomic mass is 35.5. The first-order valence-electron chi connectivity index (χ1n) is 7.32. The van der Waals surface area contributed by atoms with Crippen molar-refractivity contribution in [2.24, 2.45) is 0 Å². The predicted octanol–water partition coefficient (Wildman–Crippen LogP) is 5.39. The van der Waals surface area contributed by atoms with Crippen LogP contribution < -0.4 is 5.73 Å². The van der Waals surface area contributed by atoms with Gasteiger partial charge in [-0.1, -0.05) is 77.3 Å². The fourth-order valence-corrected chi connectivity index (χ4v) is 3.44. The average molecular weight is 379 g/mol. The van der Waals surface area contributed by atoms with Gasteiger partial charge in [0, 0.05) is 16.5 Å². The minimum absolute atomic E-state index is 0.0586. The normalized spacial score (nSPS) is 12.1. The molecule has 122 valence electrons. The molecule has 1 aromatic heterocycles. The van der Waals surface area contributed by atoms with Crippen LogP contribution in [-0.4, -0.2) is 9.97 Å². The summed E-state index contributed by atoms with van der Waals surface area (Å²) in [6.07, 6.45) is 0.704. The minimum Gasteiger partial charge on any atom is -0.368 e. The van der Waals surface area contributed by atoms with E-state index < -0.39 is 0 Å². The number of hydrogen-bond acceptors (Lipinski definition) is 3. The van der Waals surface area contributed by atoms with Gasteiger partial charge in [-0.2, -0.15) is 0 Å². The summed E-state index contributed by atoms with van der Waals surface area (Å²) in [6.45, 7) is 0. The van der Waals surface area contributed by atoms with E-state index in [1.807, 2.05) is 42.5 Å². The number of anilines is 1. The molecule has 2 aromatic carbocycles. The molecule has 0 bridgehead atoms. The molecule has 3 aromatic rings. The molecule has 0 saturated carbocycles. The summed E-state index contributed by atoms with van der Waals surface area (Å²) < 4.78 is 0. The van der Waals surface area contributed by atoms with Gasteiger partial charge in [0.2, 0.25) is 5.95 Å². The zero-order valence-electron chi connectivity index (χ0n) is 12.6. The number of nitrogens with zero attached hydrogens (tertiary/aromatic N) is 2. The van der Waals surface area contributed by atoms with Crippen molar-refractivity contribution >= 4 is 40.8 Å². The Hall–Kier alpha value is -1.81. The van der Waals surface area contributed by atoms with Gasteiger partial charge in [-0.3, -0.25) is 0 Å². The zero-order chi connectivity index (χ0) is 17.1. The number of aromatic nitrogens is 2. The van der Waals surface area contributed by atoms with Crippen molar-refractivity contribution in [2.45, 2.75) is 12.3 Å². The van der Waals surface area contributed by atoms with Crippen molar-refractivity contribution < 1.29 is 0 Å². The lowest BCUT2D eigenvalue weighted by atomic mass is 9.87. The van der Waals surface area contributed by atoms with E-state index in [0.717, 1.165) is 11.1 Å². The maximum Gasteiger partial charge on any atom is 0.222 e. The summed E-state index contributed by atoms with van der Waals surface area (Å²) >= 11 is 18.7. The molecule has 1 heterocycles. The molecule has 1 atom stereocenters. The number of nitrogens with two attached hydrogens (primary N) is 1. The Balaban J connectivity index is 2.10. The molecule has 0 fully saturated rings. The number of benzene rings is 2. The van der Waals surface area contributed by atoms with Crippen LogP contribution in [0.25, 0.3) is 0 Å². The van der Waals surface area contributed by atoms with Gasteiger partial charge in [-0.25, -0.2) is 9.97 Å². The lowest BCUT2D eigenvalue weighted by Crippen LogP contribution is -2.10. The quantitative estimate of drug-likeness (QED) is 0.619. The van der Waals surface area contributed by atoms with Gasteiger partial charge < -0.3 is 5.73 Å². The standard InChI is InChI=1S/C18H14Cl3N3/c19-13-8-6-12(7-9-13)14(10-11-4-2-1-3-5-11)15-16(20)23-18(22)24-17(15)21/h1-9,14H,10H2,(H2,22,23,24). The summed E-state index contributed by atoms with van der Waals surface area (Å²) in [4.78, 5) is 8.12. The van der Waals surface area contributed by atoms with Gasteiger partial charge in [0.1, 0.15) is 10.3 Å². The van der Waals surface area contributed by atoms with Gasteiger partial charge in [-0.15, -0.1) is 0 Å². The summed E-state index contributed by atoms with van der Waals surface area (Å²) in [7, 11) is 0. The van der Waals surface area contributed by atoms with Gasteiger partial charge >= 0.3 is 0 Å². The van der Waals surface area contributed by atoms with Gasteiger partial charge in [-0.05, 0) is 29.7 Å². The van der Waals surface area contributed by atoms with Crippen LogP contribution in [0.5, 0.6) is 0 Å². The van der Waals surface area contributed by atoms with Gasteiger partial charge in [0.05, 0.1) is 0 Å². The van der Waals surface area contributed by atoms with Crippen LogP contribution in [-0.2, 0) is 6.42 Å². The summed E-state index contributed by atoms with van der Waals surface area (Å²) in [5, 5.41) is 1.20. The molecule has 0 radical (unpaired) electrons. The highest BCUT2D eigenvalue weighted by molar-refractivity contribution is 6.34. The molecule has 24 heavy (non-hydrogen) atoms. The van der Waals surface area contributed by atoms with E-state index in [-0.39, 0.29) is 22.2 Å². The Bertz CT molecular complexity index is 813. The molecule has 2 N–H and O–H groups in total. The predicted molar refractivity (Wildman–Crippen MR) is 99.9 cm³/mol. The molecule has 1 unspecified atom stereocenters. The van der Waals surface area contributed by atoms with E-state index in [1.165, 1.54) is 0 Å². The fraction of sp³-hybridized carbons (Fsp3) is 0.111. The average Bonchev–Trinajstić information content (AvgIpc) is 2.55. The van der Waals surface area contributed by atoms with Crippen LogP contribution >= 0.6 is 34.8 Å². The fourth-order valence-electron chi connectivity index (χ4n) is 2.65. The smallest absolute Gasteiger partial charge is 0.222 e. The number of rotatable bonds is 4. The molecule has 0 aliphatic heterocycles. The van der Waals surface area contributed by atoms with E-state index in [0.29, 0.717) is 17.0 Å².